The number of fused-ring (bicyclic) bond motifs is 3. The van der Waals surface area contributed by atoms with Crippen molar-refractivity contribution in [2.45, 2.75) is 12.0 Å². The molecule has 10 heteroatoms. The van der Waals surface area contributed by atoms with Gasteiger partial charge in [0.05, 0.1) is 0 Å². The first-order valence-electron chi connectivity index (χ1n) is 11.2. The minimum atomic E-state index is -1.06. The number of aliphatic carboxylic acids is 1. The minimum absolute atomic E-state index is 0.0390. The fourth-order valence-electron chi connectivity index (χ4n) is 4.67. The van der Waals surface area contributed by atoms with Gasteiger partial charge in [0, 0.05) is 37.2 Å². The zero-order valence-electron chi connectivity index (χ0n) is 19.0. The second-order valence-corrected chi connectivity index (χ2v) is 9.59. The monoisotopic (exact) mass is 492 g/mol. The van der Waals surface area contributed by atoms with E-state index in [0.29, 0.717) is 18.1 Å². The van der Waals surface area contributed by atoms with Crippen molar-refractivity contribution in [3.63, 3.8) is 0 Å². The normalized spacial score (nSPS) is 16.9. The lowest BCUT2D eigenvalue weighted by Gasteiger charge is -2.32. The lowest BCUT2D eigenvalue weighted by Crippen LogP contribution is -2.50. The molecule has 3 aromatic rings. The Balaban J connectivity index is 1.30. The molecular formula is C25H24N4O5S. The third kappa shape index (κ3) is 4.37. The Morgan fingerprint density at radius 2 is 1.77 bits per heavy atom. The van der Waals surface area contributed by atoms with Crippen LogP contribution in [0.1, 0.15) is 27.4 Å². The highest BCUT2D eigenvalue weighted by molar-refractivity contribution is 7.99. The third-order valence-corrected chi connectivity index (χ3v) is 7.32. The van der Waals surface area contributed by atoms with E-state index in [1.165, 1.54) is 27.5 Å². The standard InChI is InChI=1S/C25H24N4O5S/c1-28-12-19(23(30)29-10-11-35-14-21(29)24(31)32)22(27-28)26-25(33)34-13-20-17-8-4-2-6-15(17)16-7-3-5-9-18(16)20/h2-9,12,20-21H,10-11,13-14H2,1H3,(H,31,32)(H,26,27,33). The Kier molecular flexibility index (Phi) is 6.21. The highest BCUT2D eigenvalue weighted by atomic mass is 32.2. The summed E-state index contributed by atoms with van der Waals surface area (Å²) in [5.74, 6) is -0.640. The molecule has 1 aliphatic heterocycles. The van der Waals surface area contributed by atoms with Crippen LogP contribution in [-0.4, -0.2) is 68.5 Å². The van der Waals surface area contributed by atoms with Crippen LogP contribution in [-0.2, 0) is 16.6 Å². The van der Waals surface area contributed by atoms with Gasteiger partial charge in [-0.05, 0) is 22.3 Å². The van der Waals surface area contributed by atoms with E-state index in [4.69, 9.17) is 4.74 Å². The molecule has 0 bridgehead atoms. The zero-order valence-corrected chi connectivity index (χ0v) is 19.8. The van der Waals surface area contributed by atoms with Crippen molar-refractivity contribution in [2.24, 2.45) is 7.05 Å². The van der Waals surface area contributed by atoms with E-state index >= 15 is 0 Å². The van der Waals surface area contributed by atoms with E-state index in [1.807, 2.05) is 36.4 Å². The number of carbonyl (C=O) groups is 3. The van der Waals surface area contributed by atoms with Crippen LogP contribution in [0.3, 0.4) is 0 Å². The largest absolute Gasteiger partial charge is 0.480 e. The van der Waals surface area contributed by atoms with Crippen molar-refractivity contribution >= 4 is 35.5 Å². The van der Waals surface area contributed by atoms with Crippen LogP contribution in [0.2, 0.25) is 0 Å². The predicted octanol–water partition coefficient (Wildman–Crippen LogP) is 3.42. The molecule has 0 radical (unpaired) electrons. The zero-order chi connectivity index (χ0) is 24.5. The van der Waals surface area contributed by atoms with Gasteiger partial charge in [0.1, 0.15) is 18.2 Å². The Morgan fingerprint density at radius 1 is 1.11 bits per heavy atom. The van der Waals surface area contributed by atoms with Crippen molar-refractivity contribution in [3.8, 4) is 11.1 Å². The van der Waals surface area contributed by atoms with E-state index < -0.39 is 24.0 Å². The van der Waals surface area contributed by atoms with Crippen molar-refractivity contribution < 1.29 is 24.2 Å². The molecule has 180 valence electrons. The number of thioether (sulfide) groups is 1. The Morgan fingerprint density at radius 3 is 2.43 bits per heavy atom. The van der Waals surface area contributed by atoms with Crippen LogP contribution in [0, 0.1) is 0 Å². The van der Waals surface area contributed by atoms with Gasteiger partial charge in [-0.25, -0.2) is 9.59 Å². The summed E-state index contributed by atoms with van der Waals surface area (Å²) in [6.45, 7) is 0.431. The average Bonchev–Trinajstić information content (AvgIpc) is 3.39. The van der Waals surface area contributed by atoms with Crippen molar-refractivity contribution in [1.82, 2.24) is 14.7 Å². The molecule has 2 aromatic carbocycles. The van der Waals surface area contributed by atoms with Gasteiger partial charge in [0.25, 0.3) is 5.91 Å². The number of anilines is 1. The second kappa shape index (κ2) is 9.46. The first-order valence-corrected chi connectivity index (χ1v) is 12.4. The maximum absolute atomic E-state index is 13.2. The fraction of sp³-hybridized carbons (Fsp3) is 0.280. The Hall–Kier alpha value is -3.79. The molecule has 2 amide bonds. The van der Waals surface area contributed by atoms with Gasteiger partial charge in [0.15, 0.2) is 5.82 Å². The number of aryl methyl sites for hydroxylation is 1. The van der Waals surface area contributed by atoms with Crippen LogP contribution in [0.25, 0.3) is 11.1 Å². The molecule has 2 aliphatic rings. The number of ether oxygens (including phenoxy) is 1. The second-order valence-electron chi connectivity index (χ2n) is 8.44. The summed E-state index contributed by atoms with van der Waals surface area (Å²) < 4.78 is 6.97. The predicted molar refractivity (Wildman–Crippen MR) is 132 cm³/mol. The molecule has 1 aliphatic carbocycles. The Bertz CT molecular complexity index is 1260. The summed E-state index contributed by atoms with van der Waals surface area (Å²) in [6, 6.07) is 15.2. The summed E-state index contributed by atoms with van der Waals surface area (Å²) in [5, 5.41) is 16.3. The molecule has 1 saturated heterocycles. The number of nitrogens with one attached hydrogen (secondary N) is 1. The molecule has 35 heavy (non-hydrogen) atoms. The van der Waals surface area contributed by atoms with Gasteiger partial charge >= 0.3 is 12.1 Å². The quantitative estimate of drug-likeness (QED) is 0.561. The average molecular weight is 493 g/mol. The number of aromatic nitrogens is 2. The minimum Gasteiger partial charge on any atom is -0.480 e. The topological polar surface area (TPSA) is 114 Å². The summed E-state index contributed by atoms with van der Waals surface area (Å²) in [6.07, 6.45) is 0.741. The van der Waals surface area contributed by atoms with Gasteiger partial charge in [-0.2, -0.15) is 16.9 Å². The number of benzene rings is 2. The number of carboxylic acids is 1. The lowest BCUT2D eigenvalue weighted by molar-refractivity contribution is -0.141. The van der Waals surface area contributed by atoms with E-state index in [-0.39, 0.29) is 23.9 Å². The molecule has 1 unspecified atom stereocenters. The highest BCUT2D eigenvalue weighted by Crippen LogP contribution is 2.44. The summed E-state index contributed by atoms with van der Waals surface area (Å²) in [5.41, 5.74) is 4.57. The van der Waals surface area contributed by atoms with Crippen molar-refractivity contribution in [1.29, 1.82) is 0 Å². The number of carboxylic acid groups (broad SMARTS) is 1. The number of carbonyl (C=O) groups excluding carboxylic acids is 2. The first-order chi connectivity index (χ1) is 16.9. The van der Waals surface area contributed by atoms with Crippen LogP contribution >= 0.6 is 11.8 Å². The summed E-state index contributed by atoms with van der Waals surface area (Å²) >= 11 is 1.49. The molecular weight excluding hydrogens is 468 g/mol. The SMILES string of the molecule is Cn1cc(C(=O)N2CCSCC2C(=O)O)c(NC(=O)OCC2c3ccccc3-c3ccccc32)n1. The van der Waals surface area contributed by atoms with Crippen LogP contribution < -0.4 is 5.32 Å². The van der Waals surface area contributed by atoms with Gasteiger partial charge in [-0.15, -0.1) is 0 Å². The van der Waals surface area contributed by atoms with Gasteiger partial charge in [-0.3, -0.25) is 14.8 Å². The van der Waals surface area contributed by atoms with Gasteiger partial charge in [0.2, 0.25) is 0 Å². The first kappa shape index (κ1) is 23.0. The number of hydrogen-bond donors (Lipinski definition) is 2. The molecule has 1 fully saturated rings. The molecule has 1 atom stereocenters. The lowest BCUT2D eigenvalue weighted by atomic mass is 9.98. The number of rotatable bonds is 5. The van der Waals surface area contributed by atoms with E-state index in [9.17, 15) is 19.5 Å². The molecule has 1 aromatic heterocycles. The Labute approximate surface area is 206 Å². The molecule has 0 saturated carbocycles. The van der Waals surface area contributed by atoms with E-state index in [1.54, 1.807) is 7.05 Å². The maximum atomic E-state index is 13.2. The van der Waals surface area contributed by atoms with Gasteiger partial charge in [-0.1, -0.05) is 48.5 Å². The molecule has 2 N–H and O–H groups in total. The molecule has 2 heterocycles. The highest BCUT2D eigenvalue weighted by Gasteiger charge is 2.35. The van der Waals surface area contributed by atoms with Crippen LogP contribution in [0.15, 0.2) is 54.7 Å². The smallest absolute Gasteiger partial charge is 0.412 e. The molecule has 0 spiro atoms. The maximum Gasteiger partial charge on any atom is 0.412 e. The van der Waals surface area contributed by atoms with Crippen LogP contribution in [0.4, 0.5) is 10.6 Å². The van der Waals surface area contributed by atoms with Crippen molar-refractivity contribution in [2.75, 3.05) is 30.0 Å². The molecule has 5 rings (SSSR count). The molecule has 9 nitrogen and oxygen atoms in total. The van der Waals surface area contributed by atoms with E-state index in [2.05, 4.69) is 22.5 Å². The van der Waals surface area contributed by atoms with Crippen LogP contribution in [0.5, 0.6) is 0 Å². The number of amides is 2. The fourth-order valence-corrected chi connectivity index (χ4v) is 5.71. The number of nitrogens with zero attached hydrogens (tertiary/aromatic N) is 3. The third-order valence-electron chi connectivity index (χ3n) is 6.30. The summed E-state index contributed by atoms with van der Waals surface area (Å²) in [4.78, 5) is 38.9. The summed E-state index contributed by atoms with van der Waals surface area (Å²) in [7, 11) is 1.63. The number of hydrogen-bond acceptors (Lipinski definition) is 6. The van der Waals surface area contributed by atoms with E-state index in [0.717, 1.165) is 22.3 Å². The van der Waals surface area contributed by atoms with Gasteiger partial charge < -0.3 is 14.7 Å². The van der Waals surface area contributed by atoms with Crippen molar-refractivity contribution in [3.05, 3.63) is 71.4 Å².